The summed E-state index contributed by atoms with van der Waals surface area (Å²) in [6.07, 6.45) is 7.20. The fraction of sp³-hybridized carbons (Fsp3) is 0.441. The second-order valence-corrected chi connectivity index (χ2v) is 11.4. The van der Waals surface area contributed by atoms with Gasteiger partial charge in [-0.2, -0.15) is 0 Å². The van der Waals surface area contributed by atoms with Gasteiger partial charge in [0, 0.05) is 38.2 Å². The molecular weight excluding hydrogens is 471 g/mol. The maximum absolute atomic E-state index is 13.1. The Kier molecular flexibility index (Phi) is 9.03. The van der Waals surface area contributed by atoms with Crippen LogP contribution in [0.25, 0.3) is 0 Å². The molecule has 2 aliphatic rings. The Morgan fingerprint density at radius 1 is 0.816 bits per heavy atom. The lowest BCUT2D eigenvalue weighted by molar-refractivity contribution is 0.0974. The number of rotatable bonds is 9. The average Bonchev–Trinajstić information content (AvgIpc) is 3.13. The van der Waals surface area contributed by atoms with E-state index in [1.165, 1.54) is 40.7 Å². The minimum atomic E-state index is -0.173. The molecule has 0 saturated carbocycles. The molecule has 2 heterocycles. The maximum atomic E-state index is 13.1. The third kappa shape index (κ3) is 7.39. The normalized spacial score (nSPS) is 17.2. The molecule has 1 saturated heterocycles. The lowest BCUT2D eigenvalue weighted by Crippen LogP contribution is -2.33. The predicted octanol–water partition coefficient (Wildman–Crippen LogP) is 7.00. The molecule has 0 spiro atoms. The number of ketones is 1. The molecule has 5 rings (SSSR count). The van der Waals surface area contributed by atoms with E-state index in [0.29, 0.717) is 18.1 Å². The van der Waals surface area contributed by atoms with Gasteiger partial charge in [-0.05, 0) is 105 Å². The van der Waals surface area contributed by atoms with Crippen LogP contribution in [-0.2, 0) is 25.9 Å². The monoisotopic (exact) mass is 512 g/mol. The number of halogens is 1. The number of likely N-dealkylation sites (tertiary alicyclic amines) is 1. The second kappa shape index (κ2) is 12.8. The topological polar surface area (TPSA) is 23.6 Å². The van der Waals surface area contributed by atoms with Crippen molar-refractivity contribution in [1.29, 1.82) is 0 Å². The van der Waals surface area contributed by atoms with Crippen LogP contribution in [0.15, 0.2) is 66.7 Å². The molecule has 0 amide bonds. The molecule has 200 valence electrons. The summed E-state index contributed by atoms with van der Waals surface area (Å²) in [5.41, 5.74) is 7.53. The Hall–Kier alpha value is -2.82. The smallest absolute Gasteiger partial charge is 0.162 e. The van der Waals surface area contributed by atoms with E-state index in [0.717, 1.165) is 70.5 Å². The Bertz CT molecular complexity index is 1210. The molecular formula is C34H41FN2O. The largest absolute Gasteiger partial charge is 0.299 e. The van der Waals surface area contributed by atoms with Gasteiger partial charge >= 0.3 is 0 Å². The Morgan fingerprint density at radius 3 is 2.29 bits per heavy atom. The fourth-order valence-corrected chi connectivity index (χ4v) is 6.15. The van der Waals surface area contributed by atoms with E-state index in [2.05, 4.69) is 59.2 Å². The molecule has 0 aromatic heterocycles. The number of benzene rings is 3. The van der Waals surface area contributed by atoms with Crippen molar-refractivity contribution in [2.24, 2.45) is 5.92 Å². The first-order valence-electron chi connectivity index (χ1n) is 14.4. The van der Waals surface area contributed by atoms with E-state index in [4.69, 9.17) is 0 Å². The quantitative estimate of drug-likeness (QED) is 0.288. The maximum Gasteiger partial charge on any atom is 0.162 e. The Labute approximate surface area is 227 Å². The number of fused-ring (bicyclic) bond motifs is 1. The molecule has 38 heavy (non-hydrogen) atoms. The highest BCUT2D eigenvalue weighted by molar-refractivity contribution is 5.96. The summed E-state index contributed by atoms with van der Waals surface area (Å²) in [5, 5.41) is 0. The van der Waals surface area contributed by atoms with Crippen molar-refractivity contribution in [3.05, 3.63) is 106 Å². The molecule has 0 N–H and O–H groups in total. The summed E-state index contributed by atoms with van der Waals surface area (Å²) < 4.78 is 13.1. The van der Waals surface area contributed by atoms with E-state index < -0.39 is 0 Å². The molecule has 0 aliphatic carbocycles. The summed E-state index contributed by atoms with van der Waals surface area (Å²) in [4.78, 5) is 18.0. The Balaban J connectivity index is 1.05. The Morgan fingerprint density at radius 2 is 1.53 bits per heavy atom. The molecule has 3 aromatic carbocycles. The number of hydrogen-bond donors (Lipinski definition) is 0. The number of nitrogens with zero attached hydrogens (tertiary/aromatic N) is 2. The minimum Gasteiger partial charge on any atom is -0.299 e. The molecule has 4 heteroatoms. The van der Waals surface area contributed by atoms with Gasteiger partial charge in [0.1, 0.15) is 5.82 Å². The van der Waals surface area contributed by atoms with Gasteiger partial charge in [0.2, 0.25) is 0 Å². The molecule has 0 radical (unpaired) electrons. The molecule has 0 atom stereocenters. The number of carbonyl (C=O) groups excluding carboxylic acids is 1. The zero-order chi connectivity index (χ0) is 26.3. The highest BCUT2D eigenvalue weighted by atomic mass is 19.1. The number of carbonyl (C=O) groups is 1. The van der Waals surface area contributed by atoms with Gasteiger partial charge in [0.15, 0.2) is 5.78 Å². The predicted molar refractivity (Wildman–Crippen MR) is 153 cm³/mol. The van der Waals surface area contributed by atoms with Crippen molar-refractivity contribution in [2.75, 3.05) is 26.2 Å². The first-order valence-corrected chi connectivity index (χ1v) is 14.4. The number of piperidine rings is 1. The minimum absolute atomic E-state index is 0.173. The highest BCUT2D eigenvalue weighted by Crippen LogP contribution is 2.25. The zero-order valence-corrected chi connectivity index (χ0v) is 22.8. The number of aryl methyl sites for hydroxylation is 1. The SMILES string of the molecule is Cc1cccc(CN2CCc3ccc(C(=O)CCCC4CCN(Cc5ccc(F)cc5)CC4)cc3CC2)c1. The van der Waals surface area contributed by atoms with E-state index in [9.17, 15) is 9.18 Å². The van der Waals surface area contributed by atoms with Crippen LogP contribution in [-0.4, -0.2) is 41.8 Å². The average molecular weight is 513 g/mol. The van der Waals surface area contributed by atoms with Crippen molar-refractivity contribution in [2.45, 2.75) is 65.0 Å². The van der Waals surface area contributed by atoms with Crippen molar-refractivity contribution in [3.63, 3.8) is 0 Å². The third-order valence-corrected chi connectivity index (χ3v) is 8.45. The van der Waals surface area contributed by atoms with Gasteiger partial charge in [0.25, 0.3) is 0 Å². The second-order valence-electron chi connectivity index (χ2n) is 11.4. The number of hydrogen-bond acceptors (Lipinski definition) is 3. The van der Waals surface area contributed by atoms with Crippen LogP contribution in [0.5, 0.6) is 0 Å². The van der Waals surface area contributed by atoms with Gasteiger partial charge < -0.3 is 0 Å². The summed E-state index contributed by atoms with van der Waals surface area (Å²) in [6, 6.07) is 22.1. The summed E-state index contributed by atoms with van der Waals surface area (Å²) in [7, 11) is 0. The lowest BCUT2D eigenvalue weighted by atomic mass is 9.90. The van der Waals surface area contributed by atoms with Crippen molar-refractivity contribution >= 4 is 5.78 Å². The van der Waals surface area contributed by atoms with Crippen LogP contribution in [0.2, 0.25) is 0 Å². The standard InChI is InChI=1S/C34H41FN2O/c1-26-4-2-6-29(22-26)25-37-20-16-30-10-11-32(23-31(30)17-21-37)34(38)7-3-5-27-14-18-36(19-15-27)24-28-8-12-33(35)13-9-28/h2,4,6,8-13,22-23,27H,3,5,7,14-21,24-25H2,1H3. The van der Waals surface area contributed by atoms with E-state index in [-0.39, 0.29) is 5.82 Å². The zero-order valence-electron chi connectivity index (χ0n) is 22.8. The summed E-state index contributed by atoms with van der Waals surface area (Å²) >= 11 is 0. The molecule has 0 unspecified atom stereocenters. The van der Waals surface area contributed by atoms with Gasteiger partial charge in [0.05, 0.1) is 0 Å². The molecule has 0 bridgehead atoms. The van der Waals surface area contributed by atoms with Crippen LogP contribution in [0.3, 0.4) is 0 Å². The van der Waals surface area contributed by atoms with Crippen LogP contribution in [0, 0.1) is 18.7 Å². The first-order chi connectivity index (χ1) is 18.5. The molecule has 2 aliphatic heterocycles. The van der Waals surface area contributed by atoms with Crippen molar-refractivity contribution < 1.29 is 9.18 Å². The van der Waals surface area contributed by atoms with Crippen LogP contribution in [0.4, 0.5) is 4.39 Å². The number of Topliss-reactive ketones (excluding diaryl/α,β-unsaturated/α-hetero) is 1. The van der Waals surface area contributed by atoms with E-state index in [1.54, 1.807) is 12.1 Å². The molecule has 1 fully saturated rings. The van der Waals surface area contributed by atoms with Crippen molar-refractivity contribution in [1.82, 2.24) is 9.80 Å². The highest BCUT2D eigenvalue weighted by Gasteiger charge is 2.20. The summed E-state index contributed by atoms with van der Waals surface area (Å²) in [6.45, 7) is 8.32. The van der Waals surface area contributed by atoms with Crippen LogP contribution >= 0.6 is 0 Å². The van der Waals surface area contributed by atoms with Crippen LogP contribution < -0.4 is 0 Å². The van der Waals surface area contributed by atoms with Crippen LogP contribution in [0.1, 0.15) is 70.3 Å². The lowest BCUT2D eigenvalue weighted by Gasteiger charge is -2.32. The first kappa shape index (κ1) is 26.8. The van der Waals surface area contributed by atoms with Gasteiger partial charge in [-0.1, -0.05) is 54.1 Å². The summed E-state index contributed by atoms with van der Waals surface area (Å²) in [5.74, 6) is 0.828. The van der Waals surface area contributed by atoms with Gasteiger partial charge in [-0.15, -0.1) is 0 Å². The molecule has 3 aromatic rings. The van der Waals surface area contributed by atoms with E-state index >= 15 is 0 Å². The van der Waals surface area contributed by atoms with Gasteiger partial charge in [-0.25, -0.2) is 4.39 Å². The molecule has 3 nitrogen and oxygen atoms in total. The van der Waals surface area contributed by atoms with E-state index in [1.807, 2.05) is 12.1 Å². The van der Waals surface area contributed by atoms with Gasteiger partial charge in [-0.3, -0.25) is 14.6 Å². The third-order valence-electron chi connectivity index (χ3n) is 8.45. The fourth-order valence-electron chi connectivity index (χ4n) is 6.15. The van der Waals surface area contributed by atoms with Crippen molar-refractivity contribution in [3.8, 4) is 0 Å².